The van der Waals surface area contributed by atoms with Crippen LogP contribution in [-0.2, 0) is 14.8 Å². The second-order valence-corrected chi connectivity index (χ2v) is 8.52. The van der Waals surface area contributed by atoms with Crippen LogP contribution in [0.2, 0.25) is 0 Å². The highest BCUT2D eigenvalue weighted by Gasteiger charge is 2.30. The van der Waals surface area contributed by atoms with E-state index < -0.39 is 15.9 Å². The minimum Gasteiger partial charge on any atom is -0.324 e. The van der Waals surface area contributed by atoms with Gasteiger partial charge in [0.2, 0.25) is 15.9 Å². The van der Waals surface area contributed by atoms with Crippen molar-refractivity contribution in [2.75, 3.05) is 24.7 Å². The van der Waals surface area contributed by atoms with Crippen molar-refractivity contribution in [2.24, 2.45) is 5.92 Å². The van der Waals surface area contributed by atoms with Gasteiger partial charge in [0.25, 0.3) is 0 Å². The number of amides is 1. The van der Waals surface area contributed by atoms with Crippen LogP contribution in [0, 0.1) is 12.8 Å². The van der Waals surface area contributed by atoms with Gasteiger partial charge in [-0.05, 0) is 31.9 Å². The first-order chi connectivity index (χ1) is 12.3. The fourth-order valence-corrected chi connectivity index (χ4v) is 4.13. The van der Waals surface area contributed by atoms with Crippen LogP contribution < -0.4 is 11.0 Å². The van der Waals surface area contributed by atoms with Gasteiger partial charge in [-0.2, -0.15) is 0 Å². The highest BCUT2D eigenvalue weighted by molar-refractivity contribution is 7.88. The van der Waals surface area contributed by atoms with Crippen molar-refractivity contribution in [1.82, 2.24) is 13.9 Å². The first-order valence-electron chi connectivity index (χ1n) is 8.40. The number of hydrogen-bond donors (Lipinski definition) is 2. The van der Waals surface area contributed by atoms with E-state index in [-0.39, 0.29) is 18.1 Å². The molecule has 0 radical (unpaired) electrons. The summed E-state index contributed by atoms with van der Waals surface area (Å²) < 4.78 is 26.3. The predicted molar refractivity (Wildman–Crippen MR) is 98.9 cm³/mol. The Balaban J connectivity index is 1.84. The molecule has 8 nitrogen and oxygen atoms in total. The zero-order chi connectivity index (χ0) is 18.9. The van der Waals surface area contributed by atoms with Gasteiger partial charge in [-0.25, -0.2) is 17.5 Å². The summed E-state index contributed by atoms with van der Waals surface area (Å²) in [7, 11) is -3.32. The lowest BCUT2D eigenvalue weighted by atomic mass is 9.98. The third-order valence-electron chi connectivity index (χ3n) is 4.59. The van der Waals surface area contributed by atoms with Crippen LogP contribution in [0.5, 0.6) is 0 Å². The number of benzene rings is 1. The van der Waals surface area contributed by atoms with Crippen molar-refractivity contribution in [3.05, 3.63) is 46.6 Å². The van der Waals surface area contributed by atoms with Crippen LogP contribution in [-0.4, -0.2) is 47.5 Å². The van der Waals surface area contributed by atoms with Crippen molar-refractivity contribution in [3.63, 3.8) is 0 Å². The topological polar surface area (TPSA) is 104 Å². The maximum absolute atomic E-state index is 12.7. The van der Waals surface area contributed by atoms with E-state index in [1.54, 1.807) is 37.4 Å². The highest BCUT2D eigenvalue weighted by Crippen LogP contribution is 2.24. The Morgan fingerprint density at radius 2 is 2.04 bits per heavy atom. The van der Waals surface area contributed by atoms with Gasteiger partial charge in [-0.3, -0.25) is 9.36 Å². The highest BCUT2D eigenvalue weighted by atomic mass is 32.2. The third-order valence-corrected chi connectivity index (χ3v) is 5.86. The standard InChI is InChI=1S/C17H22N4O4S/c1-12-10-18-17(23)21(12)15-8-4-3-7-14(15)19-16(22)13-6-5-9-20(11-13)26(2,24)25/h3-4,7-8,10,13H,5-6,9,11H2,1-2H3,(H,18,23)(H,19,22). The Hall–Kier alpha value is -2.39. The lowest BCUT2D eigenvalue weighted by molar-refractivity contribution is -0.120. The predicted octanol–water partition coefficient (Wildman–Crippen LogP) is 1.08. The SMILES string of the molecule is Cc1c[nH]c(=O)n1-c1ccccc1NC(=O)C1CCCN(S(C)(=O)=O)C1. The monoisotopic (exact) mass is 378 g/mol. The number of carbonyl (C=O) groups excluding carboxylic acids is 1. The lowest BCUT2D eigenvalue weighted by Crippen LogP contribution is -2.43. The number of piperidine rings is 1. The third kappa shape index (κ3) is 3.73. The molecule has 140 valence electrons. The molecule has 1 aromatic carbocycles. The van der Waals surface area contributed by atoms with Crippen LogP contribution in [0.1, 0.15) is 18.5 Å². The number of nitrogens with one attached hydrogen (secondary N) is 2. The van der Waals surface area contributed by atoms with Gasteiger partial charge in [-0.15, -0.1) is 0 Å². The molecule has 1 aliphatic rings. The van der Waals surface area contributed by atoms with Gasteiger partial charge in [0.05, 0.1) is 23.5 Å². The Morgan fingerprint density at radius 3 is 2.69 bits per heavy atom. The minimum absolute atomic E-state index is 0.177. The molecule has 1 atom stereocenters. The van der Waals surface area contributed by atoms with Crippen LogP contribution in [0.4, 0.5) is 5.69 Å². The molecule has 1 aliphatic heterocycles. The number of rotatable bonds is 4. The summed E-state index contributed by atoms with van der Waals surface area (Å²) >= 11 is 0. The average molecular weight is 378 g/mol. The molecular weight excluding hydrogens is 356 g/mol. The van der Waals surface area contributed by atoms with E-state index in [0.29, 0.717) is 30.8 Å². The van der Waals surface area contributed by atoms with E-state index in [9.17, 15) is 18.0 Å². The zero-order valence-electron chi connectivity index (χ0n) is 14.7. The maximum Gasteiger partial charge on any atom is 0.330 e. The van der Waals surface area contributed by atoms with E-state index in [2.05, 4.69) is 10.3 Å². The van der Waals surface area contributed by atoms with E-state index in [1.807, 2.05) is 0 Å². The van der Waals surface area contributed by atoms with Crippen LogP contribution >= 0.6 is 0 Å². The largest absolute Gasteiger partial charge is 0.330 e. The van der Waals surface area contributed by atoms with Crippen molar-refractivity contribution >= 4 is 21.6 Å². The molecule has 1 amide bonds. The maximum atomic E-state index is 12.7. The second kappa shape index (κ2) is 7.08. The number of H-pyrrole nitrogens is 1. The Kier molecular flexibility index (Phi) is 5.01. The van der Waals surface area contributed by atoms with Crippen molar-refractivity contribution in [2.45, 2.75) is 19.8 Å². The number of carbonyl (C=O) groups is 1. The fourth-order valence-electron chi connectivity index (χ4n) is 3.22. The van der Waals surface area contributed by atoms with Crippen LogP contribution in [0.3, 0.4) is 0 Å². The molecule has 1 fully saturated rings. The Labute approximate surface area is 151 Å². The quantitative estimate of drug-likeness (QED) is 0.831. The smallest absolute Gasteiger partial charge is 0.324 e. The van der Waals surface area contributed by atoms with Crippen molar-refractivity contribution < 1.29 is 13.2 Å². The number of anilines is 1. The molecule has 1 saturated heterocycles. The van der Waals surface area contributed by atoms with Gasteiger partial charge >= 0.3 is 5.69 Å². The molecule has 0 bridgehead atoms. The Morgan fingerprint density at radius 1 is 1.31 bits per heavy atom. The molecule has 2 N–H and O–H groups in total. The van der Waals surface area contributed by atoms with Gasteiger partial charge in [0.1, 0.15) is 0 Å². The molecule has 0 saturated carbocycles. The minimum atomic E-state index is -3.32. The molecule has 2 aromatic rings. The fraction of sp³-hybridized carbons (Fsp3) is 0.412. The molecule has 0 aliphatic carbocycles. The molecule has 1 aromatic heterocycles. The summed E-state index contributed by atoms with van der Waals surface area (Å²) in [6.45, 7) is 2.41. The summed E-state index contributed by atoms with van der Waals surface area (Å²) in [5, 5.41) is 2.86. The van der Waals surface area contributed by atoms with E-state index in [4.69, 9.17) is 0 Å². The molecule has 2 heterocycles. The van der Waals surface area contributed by atoms with E-state index in [0.717, 1.165) is 11.9 Å². The first kappa shape index (κ1) is 18.4. The molecule has 1 unspecified atom stereocenters. The number of hydrogen-bond acceptors (Lipinski definition) is 4. The molecule has 26 heavy (non-hydrogen) atoms. The normalized spacial score (nSPS) is 18.6. The van der Waals surface area contributed by atoms with Gasteiger partial charge in [0.15, 0.2) is 0 Å². The summed E-state index contributed by atoms with van der Waals surface area (Å²) in [5.41, 5.74) is 1.52. The number of aromatic amines is 1. The summed E-state index contributed by atoms with van der Waals surface area (Å²) in [6.07, 6.45) is 4.03. The molecule has 3 rings (SSSR count). The van der Waals surface area contributed by atoms with E-state index >= 15 is 0 Å². The number of para-hydroxylation sites is 2. The number of aryl methyl sites for hydroxylation is 1. The Bertz CT molecular complexity index is 977. The number of imidazole rings is 1. The van der Waals surface area contributed by atoms with E-state index in [1.165, 1.54) is 8.87 Å². The van der Waals surface area contributed by atoms with Crippen LogP contribution in [0.25, 0.3) is 5.69 Å². The lowest BCUT2D eigenvalue weighted by Gasteiger charge is -2.30. The molecular formula is C17H22N4O4S. The number of nitrogens with zero attached hydrogens (tertiary/aromatic N) is 2. The molecule has 0 spiro atoms. The van der Waals surface area contributed by atoms with Gasteiger partial charge in [-0.1, -0.05) is 12.1 Å². The van der Waals surface area contributed by atoms with Crippen LogP contribution in [0.15, 0.2) is 35.3 Å². The second-order valence-electron chi connectivity index (χ2n) is 6.54. The van der Waals surface area contributed by atoms with Crippen molar-refractivity contribution in [1.29, 1.82) is 0 Å². The van der Waals surface area contributed by atoms with Gasteiger partial charge < -0.3 is 10.3 Å². The number of aromatic nitrogens is 2. The molecule has 9 heteroatoms. The zero-order valence-corrected chi connectivity index (χ0v) is 15.5. The van der Waals surface area contributed by atoms with Crippen molar-refractivity contribution in [3.8, 4) is 5.69 Å². The average Bonchev–Trinajstić information content (AvgIpc) is 2.93. The van der Waals surface area contributed by atoms with Gasteiger partial charge in [0, 0.05) is 25.0 Å². The summed E-state index contributed by atoms with van der Waals surface area (Å²) in [5.74, 6) is -0.664. The number of sulfonamides is 1. The summed E-state index contributed by atoms with van der Waals surface area (Å²) in [6, 6.07) is 7.04. The summed E-state index contributed by atoms with van der Waals surface area (Å²) in [4.78, 5) is 27.4. The first-order valence-corrected chi connectivity index (χ1v) is 10.2.